The Labute approximate surface area is 129 Å². The van der Waals surface area contributed by atoms with Crippen molar-refractivity contribution in [2.24, 2.45) is 0 Å². The Hall–Kier alpha value is -1.57. The summed E-state index contributed by atoms with van der Waals surface area (Å²) in [6.45, 7) is 2.84. The highest BCUT2D eigenvalue weighted by molar-refractivity contribution is 7.71. The van der Waals surface area contributed by atoms with Crippen LogP contribution in [0.25, 0.3) is 11.4 Å². The molecule has 0 aromatic carbocycles. The van der Waals surface area contributed by atoms with Gasteiger partial charge < -0.3 is 14.0 Å². The molecule has 0 bridgehead atoms. The maximum Gasteiger partial charge on any atom is 0.195 e. The second kappa shape index (κ2) is 8.66. The van der Waals surface area contributed by atoms with Crippen molar-refractivity contribution >= 4 is 12.2 Å². The summed E-state index contributed by atoms with van der Waals surface area (Å²) >= 11 is 5.29. The van der Waals surface area contributed by atoms with E-state index in [1.165, 1.54) is 0 Å². The molecule has 2 rings (SSSR count). The molecule has 21 heavy (non-hydrogen) atoms. The first kappa shape index (κ1) is 15.8. The van der Waals surface area contributed by atoms with Crippen molar-refractivity contribution in [3.05, 3.63) is 29.3 Å². The maximum absolute atomic E-state index is 5.45. The Morgan fingerprint density at radius 1 is 1.19 bits per heavy atom. The summed E-state index contributed by atoms with van der Waals surface area (Å²) < 4.78 is 13.0. The van der Waals surface area contributed by atoms with Gasteiger partial charge in [-0.1, -0.05) is 0 Å². The first-order valence-electron chi connectivity index (χ1n) is 6.95. The quantitative estimate of drug-likeness (QED) is 0.569. The van der Waals surface area contributed by atoms with Crippen molar-refractivity contribution in [3.8, 4) is 11.4 Å². The molecule has 0 aliphatic heterocycles. The van der Waals surface area contributed by atoms with Crippen molar-refractivity contribution < 1.29 is 9.47 Å². The van der Waals surface area contributed by atoms with Crippen molar-refractivity contribution in [1.29, 1.82) is 0 Å². The molecular weight excluding hydrogens is 288 g/mol. The molecule has 0 spiro atoms. The fraction of sp³-hybridized carbons (Fsp3) is 0.500. The van der Waals surface area contributed by atoms with Crippen LogP contribution in [0.4, 0.5) is 0 Å². The van der Waals surface area contributed by atoms with Gasteiger partial charge in [0.2, 0.25) is 0 Å². The van der Waals surface area contributed by atoms with E-state index in [2.05, 4.69) is 15.2 Å². The van der Waals surface area contributed by atoms with Crippen LogP contribution in [0.5, 0.6) is 0 Å². The minimum Gasteiger partial charge on any atom is -0.382 e. The highest BCUT2D eigenvalue weighted by atomic mass is 32.1. The van der Waals surface area contributed by atoms with Crippen LogP contribution < -0.4 is 0 Å². The number of methoxy groups -OCH3 is 1. The molecule has 0 aliphatic rings. The van der Waals surface area contributed by atoms with Crippen molar-refractivity contribution in [2.75, 3.05) is 26.9 Å². The summed E-state index contributed by atoms with van der Waals surface area (Å²) in [6.07, 6.45) is 5.47. The van der Waals surface area contributed by atoms with E-state index in [0.29, 0.717) is 18.0 Å². The lowest BCUT2D eigenvalue weighted by atomic mass is 10.2. The summed E-state index contributed by atoms with van der Waals surface area (Å²) in [5.74, 6) is 0.850. The Bertz CT molecular complexity index is 582. The van der Waals surface area contributed by atoms with Gasteiger partial charge in [-0.2, -0.15) is 5.10 Å². The van der Waals surface area contributed by atoms with Crippen LogP contribution in [-0.2, 0) is 16.0 Å². The van der Waals surface area contributed by atoms with E-state index in [1.54, 1.807) is 19.5 Å². The van der Waals surface area contributed by atoms with Crippen molar-refractivity contribution in [3.63, 3.8) is 0 Å². The van der Waals surface area contributed by atoms with Crippen LogP contribution in [0.2, 0.25) is 0 Å². The third-order valence-corrected chi connectivity index (χ3v) is 3.36. The molecule has 0 unspecified atom stereocenters. The zero-order chi connectivity index (χ0) is 14.9. The normalized spacial score (nSPS) is 10.9. The van der Waals surface area contributed by atoms with E-state index in [1.807, 2.05) is 16.7 Å². The van der Waals surface area contributed by atoms with Gasteiger partial charge in [0.25, 0.3) is 0 Å². The average molecular weight is 308 g/mol. The first-order valence-corrected chi connectivity index (χ1v) is 7.36. The summed E-state index contributed by atoms with van der Waals surface area (Å²) in [5, 5.41) is 7.15. The van der Waals surface area contributed by atoms with Crippen molar-refractivity contribution in [1.82, 2.24) is 19.7 Å². The molecule has 0 atom stereocenters. The number of rotatable bonds is 9. The molecule has 0 amide bonds. The number of aromatic nitrogens is 4. The van der Waals surface area contributed by atoms with E-state index in [9.17, 15) is 0 Å². The number of pyridine rings is 1. The minimum absolute atomic E-state index is 0.638. The van der Waals surface area contributed by atoms with Gasteiger partial charge in [0.1, 0.15) is 0 Å². The lowest BCUT2D eigenvalue weighted by Crippen LogP contribution is -2.05. The fourth-order valence-corrected chi connectivity index (χ4v) is 2.19. The Morgan fingerprint density at radius 3 is 2.76 bits per heavy atom. The SMILES string of the molecule is COCCOCCCCn1c(-c2ccncc2)n[nH]c1=S. The third-order valence-electron chi connectivity index (χ3n) is 3.05. The molecule has 0 saturated carbocycles. The van der Waals surface area contributed by atoms with Gasteiger partial charge in [-0.05, 0) is 37.2 Å². The monoisotopic (exact) mass is 308 g/mol. The highest BCUT2D eigenvalue weighted by Gasteiger charge is 2.07. The molecule has 0 aliphatic carbocycles. The predicted octanol–water partition coefficient (Wildman–Crippen LogP) is 2.45. The Morgan fingerprint density at radius 2 is 2.00 bits per heavy atom. The molecule has 2 aromatic rings. The smallest absolute Gasteiger partial charge is 0.195 e. The van der Waals surface area contributed by atoms with Gasteiger partial charge in [0.05, 0.1) is 13.2 Å². The van der Waals surface area contributed by atoms with Gasteiger partial charge in [0, 0.05) is 38.2 Å². The molecule has 6 nitrogen and oxygen atoms in total. The number of aromatic amines is 1. The number of nitrogens with zero attached hydrogens (tertiary/aromatic N) is 3. The number of H-pyrrole nitrogens is 1. The molecule has 0 fully saturated rings. The van der Waals surface area contributed by atoms with Crippen LogP contribution >= 0.6 is 12.2 Å². The summed E-state index contributed by atoms with van der Waals surface area (Å²) in [7, 11) is 1.67. The number of hydrogen-bond acceptors (Lipinski definition) is 5. The minimum atomic E-state index is 0.638. The summed E-state index contributed by atoms with van der Waals surface area (Å²) in [6, 6.07) is 3.85. The van der Waals surface area contributed by atoms with E-state index in [-0.39, 0.29) is 0 Å². The number of nitrogens with one attached hydrogen (secondary N) is 1. The number of hydrogen-bond donors (Lipinski definition) is 1. The molecule has 0 radical (unpaired) electrons. The zero-order valence-electron chi connectivity index (χ0n) is 12.1. The second-order valence-corrected chi connectivity index (χ2v) is 4.94. The standard InChI is InChI=1S/C14H20N4O2S/c1-19-10-11-20-9-3-2-8-18-13(16-17-14(18)21)12-4-6-15-7-5-12/h4-7H,2-3,8-11H2,1H3,(H,17,21). The van der Waals surface area contributed by atoms with Crippen LogP contribution in [0.15, 0.2) is 24.5 Å². The van der Waals surface area contributed by atoms with Gasteiger partial charge in [-0.25, -0.2) is 0 Å². The lowest BCUT2D eigenvalue weighted by Gasteiger charge is -2.07. The molecule has 1 N–H and O–H groups in total. The highest BCUT2D eigenvalue weighted by Crippen LogP contribution is 2.16. The zero-order valence-corrected chi connectivity index (χ0v) is 12.9. The maximum atomic E-state index is 5.45. The largest absolute Gasteiger partial charge is 0.382 e. The molecule has 7 heteroatoms. The molecule has 2 aromatic heterocycles. The van der Waals surface area contributed by atoms with Crippen LogP contribution in [0.1, 0.15) is 12.8 Å². The third kappa shape index (κ3) is 4.73. The van der Waals surface area contributed by atoms with Crippen LogP contribution in [0, 0.1) is 4.77 Å². The van der Waals surface area contributed by atoms with Gasteiger partial charge in [-0.15, -0.1) is 0 Å². The lowest BCUT2D eigenvalue weighted by molar-refractivity contribution is 0.0684. The van der Waals surface area contributed by atoms with Crippen LogP contribution in [-0.4, -0.2) is 46.7 Å². The predicted molar refractivity (Wildman–Crippen MR) is 82.6 cm³/mol. The van der Waals surface area contributed by atoms with Gasteiger partial charge in [-0.3, -0.25) is 10.1 Å². The molecule has 114 valence electrons. The number of unbranched alkanes of at least 4 members (excludes halogenated alkanes) is 1. The van der Waals surface area contributed by atoms with E-state index in [0.717, 1.165) is 37.4 Å². The summed E-state index contributed by atoms with van der Waals surface area (Å²) in [4.78, 5) is 4.02. The fourth-order valence-electron chi connectivity index (χ4n) is 1.96. The topological polar surface area (TPSA) is 65.0 Å². The van der Waals surface area contributed by atoms with Crippen molar-refractivity contribution in [2.45, 2.75) is 19.4 Å². The van der Waals surface area contributed by atoms with E-state index < -0.39 is 0 Å². The van der Waals surface area contributed by atoms with Crippen LogP contribution in [0.3, 0.4) is 0 Å². The average Bonchev–Trinajstić information content (AvgIpc) is 2.88. The van der Waals surface area contributed by atoms with Gasteiger partial charge in [0.15, 0.2) is 10.6 Å². The van der Waals surface area contributed by atoms with Gasteiger partial charge >= 0.3 is 0 Å². The molecule has 0 saturated heterocycles. The summed E-state index contributed by atoms with van der Waals surface area (Å²) in [5.41, 5.74) is 1.01. The Balaban J connectivity index is 1.86. The number of ether oxygens (including phenoxy) is 2. The molecule has 2 heterocycles. The molecular formula is C14H20N4O2S. The second-order valence-electron chi connectivity index (χ2n) is 4.55. The Kier molecular flexibility index (Phi) is 6.52. The van der Waals surface area contributed by atoms with E-state index >= 15 is 0 Å². The van der Waals surface area contributed by atoms with E-state index in [4.69, 9.17) is 21.7 Å². The first-order chi connectivity index (χ1) is 10.3.